The fraction of sp³-hybridized carbons (Fsp3) is 0.933. The third kappa shape index (κ3) is 2.86. The maximum absolute atomic E-state index is 12.0. The molecule has 0 radical (unpaired) electrons. The van der Waals surface area contributed by atoms with Crippen molar-refractivity contribution in [2.45, 2.75) is 124 Å². The van der Waals surface area contributed by atoms with E-state index in [9.17, 15) is 20.4 Å². The van der Waals surface area contributed by atoms with Crippen LogP contribution in [0.25, 0.3) is 0 Å². The molecule has 0 aromatic carbocycles. The van der Waals surface area contributed by atoms with Gasteiger partial charge in [0.1, 0.15) is 0 Å². The van der Waals surface area contributed by atoms with E-state index in [1.165, 1.54) is 5.57 Å². The van der Waals surface area contributed by atoms with Gasteiger partial charge in [-0.15, -0.1) is 0 Å². The maximum atomic E-state index is 12.0. The quantitative estimate of drug-likeness (QED) is 0.369. The van der Waals surface area contributed by atoms with Crippen LogP contribution in [0.5, 0.6) is 0 Å². The first-order valence-corrected chi connectivity index (χ1v) is 13.9. The van der Waals surface area contributed by atoms with Crippen molar-refractivity contribution in [1.82, 2.24) is 0 Å². The van der Waals surface area contributed by atoms with E-state index in [2.05, 4.69) is 54.5 Å². The smallest absolute Gasteiger partial charge is 0.0852 e. The van der Waals surface area contributed by atoms with Crippen molar-refractivity contribution < 1.29 is 20.4 Å². The third-order valence-electron chi connectivity index (χ3n) is 13.4. The van der Waals surface area contributed by atoms with Gasteiger partial charge in [0, 0.05) is 5.92 Å². The maximum Gasteiger partial charge on any atom is 0.0852 e. The average molecular weight is 475 g/mol. The van der Waals surface area contributed by atoms with Crippen molar-refractivity contribution in [3.63, 3.8) is 0 Å². The van der Waals surface area contributed by atoms with Gasteiger partial charge in [-0.1, -0.05) is 60.1 Å². The predicted molar refractivity (Wildman–Crippen MR) is 135 cm³/mol. The highest BCUT2D eigenvalue weighted by Gasteiger charge is 2.71. The van der Waals surface area contributed by atoms with E-state index in [4.69, 9.17) is 0 Å². The zero-order valence-electron chi connectivity index (χ0n) is 22.9. The van der Waals surface area contributed by atoms with Crippen molar-refractivity contribution in [2.24, 2.45) is 50.7 Å². The van der Waals surface area contributed by atoms with Crippen molar-refractivity contribution in [1.29, 1.82) is 0 Å². The highest BCUT2D eigenvalue weighted by Crippen LogP contribution is 2.75. The van der Waals surface area contributed by atoms with Crippen LogP contribution in [0.4, 0.5) is 0 Å². The van der Waals surface area contributed by atoms with Gasteiger partial charge in [-0.2, -0.15) is 0 Å². The molecule has 194 valence electrons. The van der Waals surface area contributed by atoms with E-state index in [1.807, 2.05) is 6.92 Å². The molecule has 5 aliphatic carbocycles. The topological polar surface area (TPSA) is 80.9 Å². The Balaban J connectivity index is 1.65. The number of rotatable bonds is 0. The Morgan fingerprint density at radius 3 is 2.12 bits per heavy atom. The van der Waals surface area contributed by atoms with Crippen molar-refractivity contribution in [3.05, 3.63) is 11.6 Å². The van der Waals surface area contributed by atoms with Crippen molar-refractivity contribution >= 4 is 0 Å². The van der Waals surface area contributed by atoms with Crippen LogP contribution in [-0.2, 0) is 0 Å². The lowest BCUT2D eigenvalue weighted by Crippen LogP contribution is -2.69. The molecule has 0 heterocycles. The van der Waals surface area contributed by atoms with E-state index in [-0.39, 0.29) is 50.7 Å². The monoisotopic (exact) mass is 474 g/mol. The molecule has 5 rings (SSSR count). The second-order valence-electron chi connectivity index (χ2n) is 15.3. The molecule has 4 N–H and O–H groups in total. The third-order valence-corrected chi connectivity index (χ3v) is 13.4. The van der Waals surface area contributed by atoms with E-state index in [0.29, 0.717) is 6.42 Å². The summed E-state index contributed by atoms with van der Waals surface area (Å²) < 4.78 is 0. The van der Waals surface area contributed by atoms with Crippen LogP contribution in [0.15, 0.2) is 11.6 Å². The first kappa shape index (κ1) is 25.2. The molecular formula is C30H50O4. The van der Waals surface area contributed by atoms with Crippen LogP contribution in [0.3, 0.4) is 0 Å². The first-order valence-electron chi connectivity index (χ1n) is 13.9. The lowest BCUT2D eigenvalue weighted by Gasteiger charge is -2.72. The molecule has 12 atom stereocenters. The molecule has 4 heteroatoms. The van der Waals surface area contributed by atoms with Gasteiger partial charge in [-0.05, 0) is 96.7 Å². The largest absolute Gasteiger partial charge is 0.390 e. The summed E-state index contributed by atoms with van der Waals surface area (Å²) >= 11 is 0. The van der Waals surface area contributed by atoms with E-state index >= 15 is 0 Å². The number of hydrogen-bond acceptors (Lipinski definition) is 4. The Morgan fingerprint density at radius 1 is 0.853 bits per heavy atom. The summed E-state index contributed by atoms with van der Waals surface area (Å²) in [4.78, 5) is 0. The fourth-order valence-electron chi connectivity index (χ4n) is 11.0. The van der Waals surface area contributed by atoms with Crippen LogP contribution >= 0.6 is 0 Å². The van der Waals surface area contributed by atoms with Crippen LogP contribution in [-0.4, -0.2) is 44.3 Å². The van der Waals surface area contributed by atoms with E-state index in [0.717, 1.165) is 38.5 Å². The average Bonchev–Trinajstić information content (AvgIpc) is 2.71. The molecule has 4 fully saturated rings. The zero-order valence-corrected chi connectivity index (χ0v) is 22.9. The molecule has 0 aliphatic heterocycles. The van der Waals surface area contributed by atoms with E-state index in [1.54, 1.807) is 0 Å². The summed E-state index contributed by atoms with van der Waals surface area (Å²) in [5.41, 5.74) is 0.126. The van der Waals surface area contributed by atoms with Crippen LogP contribution in [0, 0.1) is 50.7 Å². The molecule has 0 aromatic rings. The predicted octanol–water partition coefficient (Wildman–Crippen LogP) is 5.08. The molecule has 4 saturated carbocycles. The highest BCUT2D eigenvalue weighted by molar-refractivity contribution is 5.36. The Hall–Kier alpha value is -0.420. The molecule has 5 aliphatic rings. The molecule has 0 aromatic heterocycles. The van der Waals surface area contributed by atoms with Gasteiger partial charge >= 0.3 is 0 Å². The van der Waals surface area contributed by atoms with Gasteiger partial charge in [-0.3, -0.25) is 0 Å². The van der Waals surface area contributed by atoms with Gasteiger partial charge in [0.05, 0.1) is 23.9 Å². The number of hydrogen-bond donors (Lipinski definition) is 4. The number of fused-ring (bicyclic) bond motifs is 7. The molecule has 0 unspecified atom stereocenters. The SMILES string of the molecule is C[C@@H]1[C@H]2C3=C[C@@H](O)[C@@H]4[C@@]5(C)C[C@@H](O)[C@H](O)C(C)(C)[C@@H]5CC[C@@]4(C)[C@]3(C)CC[C@@]2(C)CC[C@]1(C)O. The van der Waals surface area contributed by atoms with Gasteiger partial charge in [0.25, 0.3) is 0 Å². The Kier molecular flexibility index (Phi) is 5.28. The van der Waals surface area contributed by atoms with E-state index < -0.39 is 23.9 Å². The van der Waals surface area contributed by atoms with Crippen LogP contribution in [0.1, 0.15) is 100 Å². The number of allylic oxidation sites excluding steroid dienone is 1. The summed E-state index contributed by atoms with van der Waals surface area (Å²) in [5.74, 6) is 0.732. The Labute approximate surface area is 207 Å². The molecule has 0 spiro atoms. The van der Waals surface area contributed by atoms with Crippen LogP contribution in [0.2, 0.25) is 0 Å². The lowest BCUT2D eigenvalue weighted by atomic mass is 9.33. The second kappa shape index (κ2) is 7.11. The van der Waals surface area contributed by atoms with Gasteiger partial charge in [0.2, 0.25) is 0 Å². The number of aliphatic hydroxyl groups is 4. The summed E-state index contributed by atoms with van der Waals surface area (Å²) in [6.07, 6.45) is 6.93. The van der Waals surface area contributed by atoms with Crippen molar-refractivity contribution in [3.8, 4) is 0 Å². The lowest BCUT2D eigenvalue weighted by molar-refractivity contribution is -0.249. The molecule has 0 amide bonds. The minimum Gasteiger partial charge on any atom is -0.390 e. The normalized spacial score (nSPS) is 60.8. The summed E-state index contributed by atoms with van der Waals surface area (Å²) in [6, 6.07) is 0. The summed E-state index contributed by atoms with van der Waals surface area (Å²) in [5, 5.41) is 45.1. The molecule has 4 nitrogen and oxygen atoms in total. The molecule has 0 saturated heterocycles. The minimum atomic E-state index is -0.757. The standard InChI is InChI=1S/C30H50O4/c1-17-22-18-15-19(31)23-27(5)16-20(32)24(33)25(2,3)21(27)9-10-29(23,7)28(18,6)13-11-26(22,4)12-14-30(17,8)34/h15,17,19-24,31-34H,9-14,16H2,1-8H3/t17-,19-,20-,21+,22+,23-,24+,26+,27+,28-,29-,30+/m1/s1. The Bertz CT molecular complexity index is 892. The van der Waals surface area contributed by atoms with Gasteiger partial charge in [-0.25, -0.2) is 0 Å². The Morgan fingerprint density at radius 2 is 1.47 bits per heavy atom. The van der Waals surface area contributed by atoms with Gasteiger partial charge < -0.3 is 20.4 Å². The van der Waals surface area contributed by atoms with Crippen LogP contribution < -0.4 is 0 Å². The number of aliphatic hydroxyl groups excluding tert-OH is 3. The fourth-order valence-corrected chi connectivity index (χ4v) is 11.0. The molecule has 0 bridgehead atoms. The molecular weight excluding hydrogens is 424 g/mol. The minimum absolute atomic E-state index is 0.0395. The first-order chi connectivity index (χ1) is 15.5. The summed E-state index contributed by atoms with van der Waals surface area (Å²) in [6.45, 7) is 18.1. The van der Waals surface area contributed by atoms with Gasteiger partial charge in [0.15, 0.2) is 0 Å². The highest BCUT2D eigenvalue weighted by atomic mass is 16.3. The summed E-state index contributed by atoms with van der Waals surface area (Å²) in [7, 11) is 0. The zero-order chi connectivity index (χ0) is 25.3. The molecule has 34 heavy (non-hydrogen) atoms. The second-order valence-corrected chi connectivity index (χ2v) is 15.3. The van der Waals surface area contributed by atoms with Crippen molar-refractivity contribution in [2.75, 3.05) is 0 Å².